The summed E-state index contributed by atoms with van der Waals surface area (Å²) in [5.41, 5.74) is 3.05. The van der Waals surface area contributed by atoms with Crippen LogP contribution in [-0.4, -0.2) is 46.2 Å². The lowest BCUT2D eigenvalue weighted by molar-refractivity contribution is -0.384. The molecule has 0 fully saturated rings. The van der Waals surface area contributed by atoms with E-state index in [0.717, 1.165) is 18.2 Å². The molecule has 4 rings (SSSR count). The van der Waals surface area contributed by atoms with Crippen LogP contribution in [0.15, 0.2) is 91.0 Å². The van der Waals surface area contributed by atoms with Gasteiger partial charge < -0.3 is 25.0 Å². The summed E-state index contributed by atoms with van der Waals surface area (Å²) in [5, 5.41) is 32.3. The Morgan fingerprint density at radius 3 is 1.89 bits per heavy atom. The Morgan fingerprint density at radius 1 is 0.761 bits per heavy atom. The molecule has 0 spiro atoms. The minimum Gasteiger partial charge on any atom is -0.493 e. The number of carbonyl (C=O) groups is 3. The molecule has 0 saturated carbocycles. The van der Waals surface area contributed by atoms with Crippen molar-refractivity contribution in [3.8, 4) is 11.5 Å². The van der Waals surface area contributed by atoms with E-state index in [0.29, 0.717) is 41.7 Å². The largest absolute Gasteiger partial charge is 0.493 e. The zero-order valence-electron chi connectivity index (χ0n) is 24.9. The number of ether oxygens (including phenoxy) is 2. The summed E-state index contributed by atoms with van der Waals surface area (Å²) in [6.45, 7) is 4.66. The maximum atomic E-state index is 12.7. The summed E-state index contributed by atoms with van der Waals surface area (Å²) in [6.07, 6.45) is 0. The van der Waals surface area contributed by atoms with Crippen LogP contribution in [-0.2, 0) is 11.4 Å². The number of benzene rings is 4. The fourth-order valence-corrected chi connectivity index (χ4v) is 4.12. The van der Waals surface area contributed by atoms with E-state index in [1.54, 1.807) is 66.7 Å². The molecule has 13 nitrogen and oxygen atoms in total. The van der Waals surface area contributed by atoms with E-state index >= 15 is 0 Å². The van der Waals surface area contributed by atoms with Gasteiger partial charge in [-0.15, -0.1) is 0 Å². The van der Waals surface area contributed by atoms with E-state index in [9.17, 15) is 34.7 Å². The average molecular weight is 630 g/mol. The summed E-state index contributed by atoms with van der Waals surface area (Å²) in [5.74, 6) is -2.05. The van der Waals surface area contributed by atoms with Crippen LogP contribution in [0.1, 0.15) is 50.5 Å². The zero-order valence-corrected chi connectivity index (χ0v) is 24.9. The van der Waals surface area contributed by atoms with Gasteiger partial charge in [0.25, 0.3) is 11.6 Å². The lowest BCUT2D eigenvalue weighted by atomic mass is 9.96. The highest BCUT2D eigenvalue weighted by Gasteiger charge is 2.22. The van der Waals surface area contributed by atoms with Gasteiger partial charge >= 0.3 is 11.9 Å². The number of hydrogen-bond donors (Lipinski definition) is 4. The van der Waals surface area contributed by atoms with Gasteiger partial charge in [-0.05, 0) is 66.2 Å². The molecule has 4 aromatic rings. The number of hydrogen-bond acceptors (Lipinski definition) is 9. The van der Waals surface area contributed by atoms with Crippen molar-refractivity contribution < 1.29 is 43.8 Å². The van der Waals surface area contributed by atoms with Gasteiger partial charge in [0.15, 0.2) is 0 Å². The minimum atomic E-state index is -1.38. The predicted octanol–water partition coefficient (Wildman–Crippen LogP) is 6.27. The number of nitrogens with one attached hydrogen (secondary N) is 2. The summed E-state index contributed by atoms with van der Waals surface area (Å²) >= 11 is 0. The molecule has 0 bridgehead atoms. The van der Waals surface area contributed by atoms with Crippen molar-refractivity contribution in [2.45, 2.75) is 20.5 Å². The first-order valence-electron chi connectivity index (χ1n) is 13.9. The van der Waals surface area contributed by atoms with Crippen LogP contribution in [0, 0.1) is 15.5 Å². The summed E-state index contributed by atoms with van der Waals surface area (Å²) in [6, 6.07) is 23.1. The number of carboxylic acids is 2. The molecule has 0 radical (unpaired) electrons. The first-order chi connectivity index (χ1) is 21.9. The van der Waals surface area contributed by atoms with Crippen molar-refractivity contribution in [3.63, 3.8) is 0 Å². The van der Waals surface area contributed by atoms with Crippen LogP contribution in [0.3, 0.4) is 0 Å². The van der Waals surface area contributed by atoms with E-state index < -0.39 is 28.5 Å². The molecule has 1 amide bonds. The number of amides is 1. The first-order valence-corrected chi connectivity index (χ1v) is 13.9. The van der Waals surface area contributed by atoms with Crippen LogP contribution in [0.2, 0.25) is 0 Å². The standard InChI is InChI=1S/C33H31N3O10/c1-33(2,20-45-26-14-9-23(10-15-26)35-46-18-21-5-3-4-6-27(21)31(38)39)19-44-25-12-7-22(8-13-25)34-30(37)29-17-24(36(42)43)11-16-28(29)32(40)41/h3-17,35H,18-20H2,1-2H3,(H,34,37)(H,38,39)(H,40,41). The maximum Gasteiger partial charge on any atom is 0.336 e. The molecule has 0 heterocycles. The van der Waals surface area contributed by atoms with Gasteiger partial charge in [0, 0.05) is 23.2 Å². The zero-order chi connectivity index (χ0) is 33.3. The second-order valence-electron chi connectivity index (χ2n) is 10.9. The minimum absolute atomic E-state index is 0.0698. The third-order valence-electron chi connectivity index (χ3n) is 6.58. The van der Waals surface area contributed by atoms with Crippen molar-refractivity contribution in [2.75, 3.05) is 24.0 Å². The smallest absolute Gasteiger partial charge is 0.336 e. The van der Waals surface area contributed by atoms with Crippen molar-refractivity contribution in [2.24, 2.45) is 5.41 Å². The van der Waals surface area contributed by atoms with Gasteiger partial charge in [0.05, 0.1) is 40.5 Å². The van der Waals surface area contributed by atoms with E-state index in [1.807, 2.05) is 13.8 Å². The Kier molecular flexibility index (Phi) is 10.5. The molecule has 238 valence electrons. The van der Waals surface area contributed by atoms with Crippen molar-refractivity contribution in [3.05, 3.63) is 123 Å². The molecule has 0 unspecified atom stereocenters. The SMILES string of the molecule is CC(C)(COc1ccc(NOCc2ccccc2C(=O)O)cc1)COc1ccc(NC(=O)c2cc([N+](=O)[O-])ccc2C(=O)O)cc1. The Bertz CT molecular complexity index is 1720. The van der Waals surface area contributed by atoms with Gasteiger partial charge in [-0.3, -0.25) is 25.2 Å². The number of aromatic carboxylic acids is 2. The monoisotopic (exact) mass is 629 g/mol. The van der Waals surface area contributed by atoms with Crippen LogP contribution >= 0.6 is 0 Å². The molecule has 0 aromatic heterocycles. The fourth-order valence-electron chi connectivity index (χ4n) is 4.12. The highest BCUT2D eigenvalue weighted by Crippen LogP contribution is 2.25. The average Bonchev–Trinajstić information content (AvgIpc) is 3.04. The quantitative estimate of drug-likeness (QED) is 0.0857. The Morgan fingerprint density at radius 2 is 1.33 bits per heavy atom. The summed E-state index contributed by atoms with van der Waals surface area (Å²) < 4.78 is 11.9. The van der Waals surface area contributed by atoms with Crippen LogP contribution in [0.4, 0.5) is 17.1 Å². The van der Waals surface area contributed by atoms with E-state index in [-0.39, 0.29) is 28.7 Å². The molecule has 0 saturated heterocycles. The summed E-state index contributed by atoms with van der Waals surface area (Å²) in [4.78, 5) is 51.4. The topological polar surface area (TPSA) is 187 Å². The predicted molar refractivity (Wildman–Crippen MR) is 167 cm³/mol. The fraction of sp³-hybridized carbons (Fsp3) is 0.182. The molecule has 0 aliphatic heterocycles. The lowest BCUT2D eigenvalue weighted by Crippen LogP contribution is -2.28. The number of nitro benzene ring substituents is 1. The number of anilines is 2. The summed E-state index contributed by atoms with van der Waals surface area (Å²) in [7, 11) is 0. The Labute approximate surface area is 263 Å². The normalized spacial score (nSPS) is 10.9. The molecule has 46 heavy (non-hydrogen) atoms. The number of non-ortho nitro benzene ring substituents is 1. The molecule has 0 aliphatic carbocycles. The van der Waals surface area contributed by atoms with E-state index in [4.69, 9.17) is 14.3 Å². The number of nitro groups is 1. The molecular weight excluding hydrogens is 598 g/mol. The van der Waals surface area contributed by atoms with Crippen LogP contribution in [0.5, 0.6) is 11.5 Å². The number of carbonyl (C=O) groups excluding carboxylic acids is 1. The number of nitrogens with zero attached hydrogens (tertiary/aromatic N) is 1. The van der Waals surface area contributed by atoms with Gasteiger partial charge in [0.1, 0.15) is 18.1 Å². The van der Waals surface area contributed by atoms with Gasteiger partial charge in [0.2, 0.25) is 0 Å². The molecular formula is C33H31N3O10. The molecule has 4 aromatic carbocycles. The van der Waals surface area contributed by atoms with Gasteiger partial charge in [-0.1, -0.05) is 32.0 Å². The van der Waals surface area contributed by atoms with E-state index in [1.165, 1.54) is 6.07 Å². The Balaban J connectivity index is 1.24. The maximum absolute atomic E-state index is 12.7. The Hall–Kier alpha value is -5.95. The van der Waals surface area contributed by atoms with Crippen molar-refractivity contribution in [1.82, 2.24) is 0 Å². The highest BCUT2D eigenvalue weighted by atomic mass is 16.6. The molecule has 0 aliphatic rings. The third-order valence-corrected chi connectivity index (χ3v) is 6.58. The third kappa shape index (κ3) is 9.03. The van der Waals surface area contributed by atoms with Crippen molar-refractivity contribution >= 4 is 34.9 Å². The van der Waals surface area contributed by atoms with E-state index in [2.05, 4.69) is 10.8 Å². The first kappa shape index (κ1) is 33.0. The molecule has 13 heteroatoms. The molecule has 4 N–H and O–H groups in total. The second kappa shape index (κ2) is 14.7. The van der Waals surface area contributed by atoms with Crippen molar-refractivity contribution in [1.29, 1.82) is 0 Å². The highest BCUT2D eigenvalue weighted by molar-refractivity contribution is 6.11. The molecule has 0 atom stereocenters. The number of rotatable bonds is 15. The van der Waals surface area contributed by atoms with Gasteiger partial charge in [-0.25, -0.2) is 9.59 Å². The van der Waals surface area contributed by atoms with Crippen LogP contribution < -0.4 is 20.3 Å². The van der Waals surface area contributed by atoms with Crippen LogP contribution in [0.25, 0.3) is 0 Å². The second-order valence-corrected chi connectivity index (χ2v) is 10.9. The lowest BCUT2D eigenvalue weighted by Gasteiger charge is -2.25. The number of carboxylic acid groups (broad SMARTS) is 2. The van der Waals surface area contributed by atoms with Gasteiger partial charge in [-0.2, -0.15) is 0 Å².